The molecule has 0 aliphatic rings. The van der Waals surface area contributed by atoms with Crippen LogP contribution in [0.15, 0.2) is 36.4 Å². The highest BCUT2D eigenvalue weighted by atomic mass is 19.1. The highest BCUT2D eigenvalue weighted by molar-refractivity contribution is 5.90. The number of rotatable bonds is 6. The fraction of sp³-hybridized carbons (Fsp3) is 0.222. The Labute approximate surface area is 148 Å². The quantitative estimate of drug-likeness (QED) is 0.771. The minimum atomic E-state index is -0.775. The molecule has 26 heavy (non-hydrogen) atoms. The summed E-state index contributed by atoms with van der Waals surface area (Å²) in [5.74, 6) is -3.32. The van der Waals surface area contributed by atoms with Crippen molar-refractivity contribution in [3.05, 3.63) is 65.0 Å². The lowest BCUT2D eigenvalue weighted by Gasteiger charge is -2.16. The number of esters is 1. The molecule has 0 radical (unpaired) electrons. The van der Waals surface area contributed by atoms with Gasteiger partial charge in [0.25, 0.3) is 0 Å². The van der Waals surface area contributed by atoms with Crippen molar-refractivity contribution >= 4 is 17.6 Å². The Balaban J connectivity index is 1.99. The number of benzene rings is 2. The van der Waals surface area contributed by atoms with E-state index in [1.807, 2.05) is 0 Å². The Hall–Kier alpha value is -3.03. The van der Waals surface area contributed by atoms with Crippen molar-refractivity contribution < 1.29 is 27.5 Å². The third kappa shape index (κ3) is 4.75. The molecule has 0 aliphatic heterocycles. The van der Waals surface area contributed by atoms with Crippen molar-refractivity contribution in [3.63, 3.8) is 0 Å². The predicted molar refractivity (Wildman–Crippen MR) is 89.1 cm³/mol. The Bertz CT molecular complexity index is 827. The van der Waals surface area contributed by atoms with Gasteiger partial charge in [-0.25, -0.2) is 18.0 Å². The minimum absolute atomic E-state index is 0.0522. The third-order valence-electron chi connectivity index (χ3n) is 3.63. The summed E-state index contributed by atoms with van der Waals surface area (Å²) >= 11 is 0. The largest absolute Gasteiger partial charge is 0.465 e. The van der Waals surface area contributed by atoms with Crippen molar-refractivity contribution in [3.8, 4) is 0 Å². The lowest BCUT2D eigenvalue weighted by molar-refractivity contribution is -0.120. The van der Waals surface area contributed by atoms with Gasteiger partial charge in [0.15, 0.2) is 0 Å². The predicted octanol–water partition coefficient (Wildman–Crippen LogP) is 3.18. The van der Waals surface area contributed by atoms with E-state index in [1.54, 1.807) is 0 Å². The molecule has 8 heteroatoms. The normalized spacial score (nSPS) is 11.6. The van der Waals surface area contributed by atoms with E-state index in [0.29, 0.717) is 0 Å². The summed E-state index contributed by atoms with van der Waals surface area (Å²) in [5.41, 5.74) is 0.195. The molecule has 0 fully saturated rings. The number of hydrogen-bond donors (Lipinski definition) is 2. The van der Waals surface area contributed by atoms with Gasteiger partial charge in [-0.1, -0.05) is 6.07 Å². The minimum Gasteiger partial charge on any atom is -0.465 e. The van der Waals surface area contributed by atoms with Gasteiger partial charge in [0.05, 0.1) is 30.9 Å². The molecular formula is C18H17F3N2O3. The number of anilines is 1. The number of carbonyl (C=O) groups is 2. The van der Waals surface area contributed by atoms with Crippen LogP contribution >= 0.6 is 0 Å². The summed E-state index contributed by atoms with van der Waals surface area (Å²) in [6.45, 7) is 1.22. The zero-order valence-corrected chi connectivity index (χ0v) is 14.1. The second-order valence-electron chi connectivity index (χ2n) is 5.49. The summed E-state index contributed by atoms with van der Waals surface area (Å²) < 4.78 is 45.0. The first-order valence-corrected chi connectivity index (χ1v) is 7.68. The van der Waals surface area contributed by atoms with E-state index in [-0.39, 0.29) is 23.4 Å². The molecule has 138 valence electrons. The zero-order chi connectivity index (χ0) is 19.3. The monoisotopic (exact) mass is 366 g/mol. The Morgan fingerprint density at radius 3 is 2.46 bits per heavy atom. The summed E-state index contributed by atoms with van der Waals surface area (Å²) in [6, 6.07) is 5.89. The lowest BCUT2D eigenvalue weighted by Crippen LogP contribution is -2.32. The Morgan fingerprint density at radius 1 is 1.08 bits per heavy atom. The maximum Gasteiger partial charge on any atom is 0.337 e. The van der Waals surface area contributed by atoms with Crippen molar-refractivity contribution in [1.82, 2.24) is 5.32 Å². The number of nitrogens with one attached hydrogen (secondary N) is 2. The van der Waals surface area contributed by atoms with Crippen LogP contribution in [0.1, 0.15) is 28.9 Å². The number of hydrogen-bond acceptors (Lipinski definition) is 4. The van der Waals surface area contributed by atoms with E-state index in [2.05, 4.69) is 15.4 Å². The standard InChI is InChI=1S/C18H17F3N2O3/c1-10(13-5-4-12(19)8-15(13)21)23-17(24)9-22-16-7-11(18(25)26-2)3-6-14(16)20/h3-8,10,22H,9H2,1-2H3,(H,23,24)/t10-/m0/s1. The van der Waals surface area contributed by atoms with E-state index >= 15 is 0 Å². The highest BCUT2D eigenvalue weighted by Crippen LogP contribution is 2.18. The van der Waals surface area contributed by atoms with Crippen LogP contribution in [0.3, 0.4) is 0 Å². The van der Waals surface area contributed by atoms with Crippen LogP contribution in [0.2, 0.25) is 0 Å². The van der Waals surface area contributed by atoms with Crippen LogP contribution in [-0.2, 0) is 9.53 Å². The van der Waals surface area contributed by atoms with Gasteiger partial charge in [0.2, 0.25) is 5.91 Å². The number of methoxy groups -OCH3 is 1. The zero-order valence-electron chi connectivity index (χ0n) is 14.1. The fourth-order valence-electron chi connectivity index (χ4n) is 2.30. The van der Waals surface area contributed by atoms with Crippen LogP contribution in [0.4, 0.5) is 18.9 Å². The average molecular weight is 366 g/mol. The van der Waals surface area contributed by atoms with Crippen molar-refractivity contribution in [1.29, 1.82) is 0 Å². The number of ether oxygens (including phenoxy) is 1. The fourth-order valence-corrected chi connectivity index (χ4v) is 2.30. The van der Waals surface area contributed by atoms with E-state index in [9.17, 15) is 22.8 Å². The average Bonchev–Trinajstić information content (AvgIpc) is 2.60. The Kier molecular flexibility index (Phi) is 6.21. The molecule has 1 atom stereocenters. The van der Waals surface area contributed by atoms with Gasteiger partial charge in [0.1, 0.15) is 17.5 Å². The summed E-state index contributed by atoms with van der Waals surface area (Å²) in [6.07, 6.45) is 0. The van der Waals surface area contributed by atoms with Gasteiger partial charge in [-0.2, -0.15) is 0 Å². The van der Waals surface area contributed by atoms with E-state index < -0.39 is 35.4 Å². The molecule has 2 aromatic rings. The molecule has 2 rings (SSSR count). The summed E-state index contributed by atoms with van der Waals surface area (Å²) in [7, 11) is 1.20. The highest BCUT2D eigenvalue weighted by Gasteiger charge is 2.15. The van der Waals surface area contributed by atoms with Gasteiger partial charge >= 0.3 is 5.97 Å². The molecule has 5 nitrogen and oxygen atoms in total. The van der Waals surface area contributed by atoms with Crippen molar-refractivity contribution in [2.75, 3.05) is 19.0 Å². The summed E-state index contributed by atoms with van der Waals surface area (Å²) in [4.78, 5) is 23.4. The topological polar surface area (TPSA) is 67.4 Å². The first-order chi connectivity index (χ1) is 12.3. The van der Waals surface area contributed by atoms with E-state index in [1.165, 1.54) is 32.2 Å². The van der Waals surface area contributed by atoms with Crippen LogP contribution in [0.25, 0.3) is 0 Å². The number of carbonyl (C=O) groups excluding carboxylic acids is 2. The molecule has 0 saturated carbocycles. The molecule has 1 amide bonds. The summed E-state index contributed by atoms with van der Waals surface area (Å²) in [5, 5.41) is 5.08. The maximum absolute atomic E-state index is 13.8. The molecule has 0 aromatic heterocycles. The van der Waals surface area contributed by atoms with Gasteiger partial charge in [-0.05, 0) is 31.2 Å². The SMILES string of the molecule is COC(=O)c1ccc(F)c(NCC(=O)N[C@@H](C)c2ccc(F)cc2F)c1. The molecule has 2 aromatic carbocycles. The molecule has 0 spiro atoms. The molecule has 0 aliphatic carbocycles. The van der Waals surface area contributed by atoms with Gasteiger partial charge in [-0.3, -0.25) is 4.79 Å². The maximum atomic E-state index is 13.8. The first kappa shape index (κ1) is 19.3. The second-order valence-corrected chi connectivity index (χ2v) is 5.49. The van der Waals surface area contributed by atoms with Crippen LogP contribution in [0, 0.1) is 17.5 Å². The van der Waals surface area contributed by atoms with Gasteiger partial charge in [0, 0.05) is 11.6 Å². The Morgan fingerprint density at radius 2 is 1.81 bits per heavy atom. The lowest BCUT2D eigenvalue weighted by atomic mass is 10.1. The first-order valence-electron chi connectivity index (χ1n) is 7.68. The van der Waals surface area contributed by atoms with Crippen LogP contribution in [0.5, 0.6) is 0 Å². The molecular weight excluding hydrogens is 349 g/mol. The van der Waals surface area contributed by atoms with Gasteiger partial charge < -0.3 is 15.4 Å². The third-order valence-corrected chi connectivity index (χ3v) is 3.63. The van der Waals surface area contributed by atoms with Crippen LogP contribution < -0.4 is 10.6 Å². The molecule has 0 unspecified atom stereocenters. The molecule has 0 saturated heterocycles. The smallest absolute Gasteiger partial charge is 0.337 e. The molecule has 2 N–H and O–H groups in total. The molecule has 0 bridgehead atoms. The number of amides is 1. The van der Waals surface area contributed by atoms with Crippen molar-refractivity contribution in [2.45, 2.75) is 13.0 Å². The second kappa shape index (κ2) is 8.37. The van der Waals surface area contributed by atoms with E-state index in [0.717, 1.165) is 18.2 Å². The van der Waals surface area contributed by atoms with Gasteiger partial charge in [-0.15, -0.1) is 0 Å². The molecule has 0 heterocycles. The van der Waals surface area contributed by atoms with Crippen LogP contribution in [-0.4, -0.2) is 25.5 Å². The number of halogens is 3. The van der Waals surface area contributed by atoms with Crippen molar-refractivity contribution in [2.24, 2.45) is 0 Å². The van der Waals surface area contributed by atoms with E-state index in [4.69, 9.17) is 0 Å².